The number of aromatic nitrogens is 1. The van der Waals surface area contributed by atoms with Crippen LogP contribution in [0.25, 0.3) is 11.3 Å². The van der Waals surface area contributed by atoms with Crippen molar-refractivity contribution in [1.82, 2.24) is 4.98 Å². The van der Waals surface area contributed by atoms with E-state index >= 15 is 0 Å². The molecule has 2 aromatic carbocycles. The van der Waals surface area contributed by atoms with Gasteiger partial charge < -0.3 is 4.74 Å². The molecule has 0 atom stereocenters. The first kappa shape index (κ1) is 17.7. The number of thiazole rings is 1. The van der Waals surface area contributed by atoms with Gasteiger partial charge in [-0.15, -0.1) is 11.3 Å². The van der Waals surface area contributed by atoms with Gasteiger partial charge in [0.25, 0.3) is 5.91 Å². The van der Waals surface area contributed by atoms with Gasteiger partial charge in [0.1, 0.15) is 11.6 Å². The highest BCUT2D eigenvalue weighted by atomic mass is 35.5. The van der Waals surface area contributed by atoms with Crippen molar-refractivity contribution in [3.8, 4) is 17.0 Å². The second-order valence-electron chi connectivity index (χ2n) is 4.94. The van der Waals surface area contributed by atoms with Crippen LogP contribution in [-0.4, -0.2) is 18.0 Å². The lowest BCUT2D eigenvalue weighted by Crippen LogP contribution is -2.14. The number of hydrogen-bond acceptors (Lipinski definition) is 4. The maximum absolute atomic E-state index is 13.8. The molecule has 3 aromatic rings. The Morgan fingerprint density at radius 3 is 2.72 bits per heavy atom. The Kier molecular flexibility index (Phi) is 5.22. The molecule has 0 bridgehead atoms. The molecular formula is C17H11Cl2FN2O2S. The van der Waals surface area contributed by atoms with Crippen LogP contribution in [0.3, 0.4) is 0 Å². The number of nitrogens with one attached hydrogen (secondary N) is 1. The Morgan fingerprint density at radius 2 is 2.04 bits per heavy atom. The van der Waals surface area contributed by atoms with Crippen LogP contribution in [0.5, 0.6) is 5.75 Å². The summed E-state index contributed by atoms with van der Waals surface area (Å²) < 4.78 is 18.9. The quantitative estimate of drug-likeness (QED) is 0.631. The molecule has 0 aliphatic carbocycles. The minimum atomic E-state index is -0.691. The van der Waals surface area contributed by atoms with Gasteiger partial charge in [0, 0.05) is 10.9 Å². The van der Waals surface area contributed by atoms with E-state index in [2.05, 4.69) is 10.3 Å². The zero-order valence-corrected chi connectivity index (χ0v) is 15.2. The Hall–Kier alpha value is -2.15. The Morgan fingerprint density at radius 1 is 1.24 bits per heavy atom. The standard InChI is InChI=1S/C17H11Cl2FN2O2S/c1-24-14-6-5-9(7-11(14)19)13-8-25-17(21-13)22-16(23)15-10(18)3-2-4-12(15)20/h2-8H,1H3,(H,21,22,23). The van der Waals surface area contributed by atoms with Gasteiger partial charge in [-0.25, -0.2) is 9.37 Å². The van der Waals surface area contributed by atoms with Crippen molar-refractivity contribution in [2.24, 2.45) is 0 Å². The average Bonchev–Trinajstić information content (AvgIpc) is 3.03. The average molecular weight is 397 g/mol. The predicted molar refractivity (Wildman–Crippen MR) is 98.5 cm³/mol. The van der Waals surface area contributed by atoms with Crippen molar-refractivity contribution in [2.45, 2.75) is 0 Å². The summed E-state index contributed by atoms with van der Waals surface area (Å²) in [5.41, 5.74) is 1.18. The molecule has 1 aromatic heterocycles. The number of benzene rings is 2. The Balaban J connectivity index is 1.82. The number of amides is 1. The molecule has 0 radical (unpaired) electrons. The number of carbonyl (C=O) groups excluding carboxylic acids is 1. The summed E-state index contributed by atoms with van der Waals surface area (Å²) in [5, 5.41) is 5.13. The zero-order chi connectivity index (χ0) is 18.0. The fraction of sp³-hybridized carbons (Fsp3) is 0.0588. The number of hydrogen-bond donors (Lipinski definition) is 1. The monoisotopic (exact) mass is 396 g/mol. The lowest BCUT2D eigenvalue weighted by Gasteiger charge is -2.05. The smallest absolute Gasteiger partial charge is 0.261 e. The highest BCUT2D eigenvalue weighted by Gasteiger charge is 2.17. The summed E-state index contributed by atoms with van der Waals surface area (Å²) in [5.74, 6) is -0.788. The fourth-order valence-electron chi connectivity index (χ4n) is 2.16. The van der Waals surface area contributed by atoms with Crippen LogP contribution in [0.2, 0.25) is 10.0 Å². The number of nitrogens with zero attached hydrogens (tertiary/aromatic N) is 1. The predicted octanol–water partition coefficient (Wildman–Crippen LogP) is 5.52. The third-order valence-corrected chi connectivity index (χ3v) is 4.73. The van der Waals surface area contributed by atoms with Gasteiger partial charge in [0.05, 0.1) is 28.4 Å². The summed E-state index contributed by atoms with van der Waals surface area (Å²) in [4.78, 5) is 16.6. The van der Waals surface area contributed by atoms with E-state index in [4.69, 9.17) is 27.9 Å². The van der Waals surface area contributed by atoms with Crippen molar-refractivity contribution in [2.75, 3.05) is 12.4 Å². The van der Waals surface area contributed by atoms with E-state index in [-0.39, 0.29) is 10.6 Å². The third-order valence-electron chi connectivity index (χ3n) is 3.36. The van der Waals surface area contributed by atoms with E-state index in [9.17, 15) is 9.18 Å². The van der Waals surface area contributed by atoms with Crippen LogP contribution >= 0.6 is 34.5 Å². The van der Waals surface area contributed by atoms with Gasteiger partial charge in [-0.1, -0.05) is 29.3 Å². The molecule has 0 aliphatic rings. The SMILES string of the molecule is COc1ccc(-c2csc(NC(=O)c3c(F)cccc3Cl)n2)cc1Cl. The molecule has 4 nitrogen and oxygen atoms in total. The first-order valence-electron chi connectivity index (χ1n) is 7.04. The number of halogens is 3. The van der Waals surface area contributed by atoms with Gasteiger partial charge in [-0.05, 0) is 30.3 Å². The van der Waals surface area contributed by atoms with Crippen LogP contribution < -0.4 is 10.1 Å². The first-order chi connectivity index (χ1) is 12.0. The summed E-state index contributed by atoms with van der Waals surface area (Å²) in [6.07, 6.45) is 0. The molecule has 3 rings (SSSR count). The number of ether oxygens (including phenoxy) is 1. The summed E-state index contributed by atoms with van der Waals surface area (Å²) in [6, 6.07) is 9.31. The molecule has 1 amide bonds. The lowest BCUT2D eigenvalue weighted by atomic mass is 10.2. The Labute approximate surface area is 157 Å². The van der Waals surface area contributed by atoms with Gasteiger partial charge in [-0.2, -0.15) is 0 Å². The van der Waals surface area contributed by atoms with Gasteiger partial charge in [0.2, 0.25) is 0 Å². The minimum Gasteiger partial charge on any atom is -0.495 e. The second-order valence-corrected chi connectivity index (χ2v) is 6.61. The molecular weight excluding hydrogens is 386 g/mol. The maximum Gasteiger partial charge on any atom is 0.261 e. The molecule has 128 valence electrons. The van der Waals surface area contributed by atoms with Crippen molar-refractivity contribution in [1.29, 1.82) is 0 Å². The molecule has 0 fully saturated rings. The van der Waals surface area contributed by atoms with Crippen molar-refractivity contribution >= 4 is 45.6 Å². The molecule has 8 heteroatoms. The maximum atomic E-state index is 13.8. The largest absolute Gasteiger partial charge is 0.495 e. The zero-order valence-electron chi connectivity index (χ0n) is 12.8. The normalized spacial score (nSPS) is 10.6. The van der Waals surface area contributed by atoms with E-state index in [1.807, 2.05) is 0 Å². The first-order valence-corrected chi connectivity index (χ1v) is 8.68. The molecule has 0 unspecified atom stereocenters. The fourth-order valence-corrected chi connectivity index (χ4v) is 3.39. The van der Waals surface area contributed by atoms with E-state index in [0.29, 0.717) is 21.6 Å². The van der Waals surface area contributed by atoms with Gasteiger partial charge >= 0.3 is 0 Å². The molecule has 1 N–H and O–H groups in total. The van der Waals surface area contributed by atoms with Gasteiger partial charge in [-0.3, -0.25) is 10.1 Å². The van der Waals surface area contributed by atoms with E-state index in [1.54, 1.807) is 23.6 Å². The topological polar surface area (TPSA) is 51.2 Å². The van der Waals surface area contributed by atoms with Crippen molar-refractivity contribution < 1.29 is 13.9 Å². The molecule has 0 saturated carbocycles. The summed E-state index contributed by atoms with van der Waals surface area (Å²) in [6.45, 7) is 0. The van der Waals surface area contributed by atoms with Crippen molar-refractivity contribution in [3.05, 3.63) is 63.2 Å². The second kappa shape index (κ2) is 7.39. The Bertz CT molecular complexity index is 926. The molecule has 0 aliphatic heterocycles. The molecule has 1 heterocycles. The molecule has 25 heavy (non-hydrogen) atoms. The number of anilines is 1. The number of rotatable bonds is 4. The van der Waals surface area contributed by atoms with Crippen LogP contribution in [0, 0.1) is 5.82 Å². The van der Waals surface area contributed by atoms with E-state index in [1.165, 1.54) is 36.6 Å². The van der Waals surface area contributed by atoms with E-state index in [0.717, 1.165) is 5.56 Å². The molecule has 0 saturated heterocycles. The minimum absolute atomic E-state index is 0.0382. The van der Waals surface area contributed by atoms with Crippen LogP contribution in [-0.2, 0) is 0 Å². The van der Waals surface area contributed by atoms with Crippen LogP contribution in [0.1, 0.15) is 10.4 Å². The summed E-state index contributed by atoms with van der Waals surface area (Å²) >= 11 is 13.2. The van der Waals surface area contributed by atoms with Crippen molar-refractivity contribution in [3.63, 3.8) is 0 Å². The van der Waals surface area contributed by atoms with Gasteiger partial charge in [0.15, 0.2) is 5.13 Å². The lowest BCUT2D eigenvalue weighted by molar-refractivity contribution is 0.102. The number of carbonyl (C=O) groups is 1. The third kappa shape index (κ3) is 3.76. The molecule has 0 spiro atoms. The van der Waals surface area contributed by atoms with E-state index < -0.39 is 11.7 Å². The van der Waals surface area contributed by atoms with Crippen LogP contribution in [0.15, 0.2) is 41.8 Å². The number of methoxy groups -OCH3 is 1. The highest BCUT2D eigenvalue weighted by Crippen LogP contribution is 2.32. The summed E-state index contributed by atoms with van der Waals surface area (Å²) in [7, 11) is 1.53. The van der Waals surface area contributed by atoms with Crippen LogP contribution in [0.4, 0.5) is 9.52 Å². The highest BCUT2D eigenvalue weighted by molar-refractivity contribution is 7.14.